The Balaban J connectivity index is 1.68. The average Bonchev–Trinajstić information content (AvgIpc) is 2.81. The van der Waals surface area contributed by atoms with Gasteiger partial charge in [-0.15, -0.1) is 0 Å². The van der Waals surface area contributed by atoms with Gasteiger partial charge in [0.25, 0.3) is 0 Å². The zero-order valence-electron chi connectivity index (χ0n) is 11.7. The molecule has 2 heterocycles. The summed E-state index contributed by atoms with van der Waals surface area (Å²) in [5, 5.41) is 6.27. The number of aromatic nitrogens is 2. The highest BCUT2D eigenvalue weighted by molar-refractivity contribution is 9.10. The van der Waals surface area contributed by atoms with E-state index in [2.05, 4.69) is 36.5 Å². The maximum atomic E-state index is 11.5. The van der Waals surface area contributed by atoms with Gasteiger partial charge in [-0.1, -0.05) is 15.9 Å². The normalized spacial score (nSPS) is 19.8. The van der Waals surface area contributed by atoms with E-state index in [9.17, 15) is 8.42 Å². The van der Waals surface area contributed by atoms with Crippen molar-refractivity contribution < 1.29 is 8.42 Å². The van der Waals surface area contributed by atoms with Gasteiger partial charge < -0.3 is 10.6 Å². The number of hydrogen-bond acceptors (Lipinski definition) is 6. The van der Waals surface area contributed by atoms with Gasteiger partial charge in [0.15, 0.2) is 9.84 Å². The van der Waals surface area contributed by atoms with Crippen molar-refractivity contribution in [1.82, 2.24) is 9.97 Å². The van der Waals surface area contributed by atoms with Crippen molar-refractivity contribution in [3.8, 4) is 0 Å². The van der Waals surface area contributed by atoms with E-state index in [1.807, 2.05) is 24.3 Å². The van der Waals surface area contributed by atoms with Crippen LogP contribution in [0.2, 0.25) is 0 Å². The molecule has 1 saturated heterocycles. The number of hydrogen-bond donors (Lipinski definition) is 2. The summed E-state index contributed by atoms with van der Waals surface area (Å²) < 4.78 is 23.9. The molecular weight excluding hydrogens is 368 g/mol. The lowest BCUT2D eigenvalue weighted by Gasteiger charge is -2.12. The molecule has 3 rings (SSSR count). The minimum absolute atomic E-state index is 0.118. The van der Waals surface area contributed by atoms with Gasteiger partial charge in [-0.05, 0) is 36.8 Å². The van der Waals surface area contributed by atoms with Gasteiger partial charge in [-0.25, -0.2) is 13.4 Å². The number of sulfone groups is 1. The Hall–Kier alpha value is -1.67. The van der Waals surface area contributed by atoms with Crippen molar-refractivity contribution in [2.45, 2.75) is 12.5 Å². The molecule has 6 nitrogen and oxygen atoms in total. The monoisotopic (exact) mass is 382 g/mol. The second kappa shape index (κ2) is 6.21. The molecule has 1 aromatic heterocycles. The number of anilines is 3. The molecule has 0 saturated carbocycles. The Morgan fingerprint density at radius 1 is 1.18 bits per heavy atom. The number of benzene rings is 1. The molecule has 0 bridgehead atoms. The van der Waals surface area contributed by atoms with E-state index in [1.54, 1.807) is 12.3 Å². The van der Waals surface area contributed by atoms with E-state index in [-0.39, 0.29) is 17.5 Å². The fraction of sp³-hybridized carbons (Fsp3) is 0.286. The molecule has 1 aliphatic rings. The van der Waals surface area contributed by atoms with Gasteiger partial charge in [0.2, 0.25) is 5.95 Å². The van der Waals surface area contributed by atoms with Crippen LogP contribution >= 0.6 is 15.9 Å². The Labute approximate surface area is 137 Å². The molecule has 0 radical (unpaired) electrons. The predicted molar refractivity (Wildman–Crippen MR) is 90.1 cm³/mol. The zero-order valence-corrected chi connectivity index (χ0v) is 14.1. The molecule has 0 aliphatic carbocycles. The second-order valence-electron chi connectivity index (χ2n) is 5.14. The fourth-order valence-electron chi connectivity index (χ4n) is 2.27. The number of rotatable bonds is 4. The van der Waals surface area contributed by atoms with E-state index < -0.39 is 9.84 Å². The van der Waals surface area contributed by atoms with E-state index >= 15 is 0 Å². The molecule has 0 spiro atoms. The summed E-state index contributed by atoms with van der Waals surface area (Å²) in [5.41, 5.74) is 0.913. The third-order valence-corrected chi connectivity index (χ3v) is 5.63. The summed E-state index contributed by atoms with van der Waals surface area (Å²) in [6.45, 7) is 0. The lowest BCUT2D eigenvalue weighted by Crippen LogP contribution is -2.22. The molecule has 2 N–H and O–H groups in total. The van der Waals surface area contributed by atoms with E-state index in [1.165, 1.54) is 0 Å². The molecule has 1 fully saturated rings. The summed E-state index contributed by atoms with van der Waals surface area (Å²) in [5.74, 6) is 1.45. The molecule has 0 amide bonds. The maximum Gasteiger partial charge on any atom is 0.224 e. The van der Waals surface area contributed by atoms with Crippen molar-refractivity contribution in [3.05, 3.63) is 41.0 Å². The largest absolute Gasteiger partial charge is 0.350 e. The molecule has 1 atom stereocenters. The number of nitrogens with zero attached hydrogens (tertiary/aromatic N) is 2. The summed E-state index contributed by atoms with van der Waals surface area (Å²) in [6, 6.07) is 9.38. The van der Waals surface area contributed by atoms with Crippen LogP contribution in [-0.2, 0) is 9.84 Å². The van der Waals surface area contributed by atoms with Crippen molar-refractivity contribution >= 4 is 43.2 Å². The van der Waals surface area contributed by atoms with Crippen LogP contribution in [0.1, 0.15) is 6.42 Å². The lowest BCUT2D eigenvalue weighted by molar-refractivity contribution is 0.602. The van der Waals surface area contributed by atoms with Crippen molar-refractivity contribution in [2.75, 3.05) is 22.1 Å². The Morgan fingerprint density at radius 3 is 2.64 bits per heavy atom. The summed E-state index contributed by atoms with van der Waals surface area (Å²) in [4.78, 5) is 8.50. The molecule has 116 valence electrons. The van der Waals surface area contributed by atoms with Crippen LogP contribution in [0.4, 0.5) is 17.5 Å². The SMILES string of the molecule is O=S1(=O)CCC(Nc2nccc(Nc3ccc(Br)cc3)n2)C1. The lowest BCUT2D eigenvalue weighted by atomic mass is 10.3. The first-order valence-electron chi connectivity index (χ1n) is 6.83. The average molecular weight is 383 g/mol. The minimum atomic E-state index is -2.92. The van der Waals surface area contributed by atoms with Crippen LogP contribution in [0.5, 0.6) is 0 Å². The van der Waals surface area contributed by atoms with Gasteiger partial charge in [0.05, 0.1) is 11.5 Å². The third kappa shape index (κ3) is 3.95. The molecule has 1 aromatic carbocycles. The van der Waals surface area contributed by atoms with Gasteiger partial charge in [-0.2, -0.15) is 4.98 Å². The van der Waals surface area contributed by atoms with Gasteiger partial charge in [-0.3, -0.25) is 0 Å². The molecule has 2 aromatic rings. The topological polar surface area (TPSA) is 84.0 Å². The standard InChI is InChI=1S/C14H15BrN4O2S/c15-10-1-3-11(4-2-10)17-13-5-7-16-14(19-13)18-12-6-8-22(20,21)9-12/h1-5,7,12H,6,8-9H2,(H2,16,17,18,19). The van der Waals surface area contributed by atoms with Crippen molar-refractivity contribution in [1.29, 1.82) is 0 Å². The molecule has 1 unspecified atom stereocenters. The Bertz CT molecular complexity index is 765. The molecule has 1 aliphatic heterocycles. The first kappa shape index (κ1) is 15.2. The first-order valence-corrected chi connectivity index (χ1v) is 9.44. The highest BCUT2D eigenvalue weighted by atomic mass is 79.9. The highest BCUT2D eigenvalue weighted by Crippen LogP contribution is 2.19. The fourth-order valence-corrected chi connectivity index (χ4v) is 4.21. The van der Waals surface area contributed by atoms with Crippen molar-refractivity contribution in [2.24, 2.45) is 0 Å². The van der Waals surface area contributed by atoms with Crippen LogP contribution in [-0.4, -0.2) is 35.9 Å². The first-order chi connectivity index (χ1) is 10.5. The summed E-state index contributed by atoms with van der Waals surface area (Å²) >= 11 is 3.39. The smallest absolute Gasteiger partial charge is 0.224 e. The minimum Gasteiger partial charge on any atom is -0.350 e. The molecule has 8 heteroatoms. The van der Waals surface area contributed by atoms with Crippen molar-refractivity contribution in [3.63, 3.8) is 0 Å². The Kier molecular flexibility index (Phi) is 4.30. The summed E-state index contributed by atoms with van der Waals surface area (Å²) in [7, 11) is -2.92. The molecular formula is C14H15BrN4O2S. The van der Waals surface area contributed by atoms with Crippen LogP contribution < -0.4 is 10.6 Å². The van der Waals surface area contributed by atoms with Gasteiger partial charge in [0.1, 0.15) is 5.82 Å². The predicted octanol–water partition coefficient (Wildman–Crippen LogP) is 2.58. The van der Waals surface area contributed by atoms with Gasteiger partial charge in [0, 0.05) is 22.4 Å². The van der Waals surface area contributed by atoms with E-state index in [4.69, 9.17) is 0 Å². The number of halogens is 1. The molecule has 22 heavy (non-hydrogen) atoms. The summed E-state index contributed by atoms with van der Waals surface area (Å²) in [6.07, 6.45) is 2.23. The van der Waals surface area contributed by atoms with Crippen LogP contribution in [0, 0.1) is 0 Å². The van der Waals surface area contributed by atoms with Crippen LogP contribution in [0.25, 0.3) is 0 Å². The van der Waals surface area contributed by atoms with E-state index in [0.717, 1.165) is 10.2 Å². The maximum absolute atomic E-state index is 11.5. The quantitative estimate of drug-likeness (QED) is 0.845. The van der Waals surface area contributed by atoms with E-state index in [0.29, 0.717) is 18.2 Å². The van der Waals surface area contributed by atoms with Crippen LogP contribution in [0.3, 0.4) is 0 Å². The van der Waals surface area contributed by atoms with Crippen LogP contribution in [0.15, 0.2) is 41.0 Å². The zero-order chi connectivity index (χ0) is 15.6. The van der Waals surface area contributed by atoms with Gasteiger partial charge >= 0.3 is 0 Å². The Morgan fingerprint density at radius 2 is 1.95 bits per heavy atom. The highest BCUT2D eigenvalue weighted by Gasteiger charge is 2.28. The second-order valence-corrected chi connectivity index (χ2v) is 8.29. The number of nitrogens with one attached hydrogen (secondary N) is 2. The third-order valence-electron chi connectivity index (χ3n) is 3.34.